The van der Waals surface area contributed by atoms with E-state index >= 15 is 0 Å². The van der Waals surface area contributed by atoms with Crippen molar-refractivity contribution in [3.8, 4) is 0 Å². The topological polar surface area (TPSA) is 32.8 Å². The number of aryl methyl sites for hydroxylation is 1. The van der Waals surface area contributed by atoms with E-state index in [0.717, 1.165) is 38.3 Å². The molecule has 126 valence electrons. The third-order valence-electron chi connectivity index (χ3n) is 4.90. The van der Waals surface area contributed by atoms with Crippen LogP contribution in [0.15, 0.2) is 24.3 Å². The van der Waals surface area contributed by atoms with Gasteiger partial charge in [0.1, 0.15) is 0 Å². The zero-order valence-corrected chi connectivity index (χ0v) is 14.3. The normalized spacial score (nSPS) is 22.1. The Morgan fingerprint density at radius 2 is 2.09 bits per heavy atom. The Labute approximate surface area is 139 Å². The van der Waals surface area contributed by atoms with Crippen molar-refractivity contribution < 1.29 is 9.53 Å². The maximum atomic E-state index is 12.8. The summed E-state index contributed by atoms with van der Waals surface area (Å²) in [5, 5.41) is 0. The Morgan fingerprint density at radius 1 is 1.30 bits per heavy atom. The van der Waals surface area contributed by atoms with E-state index < -0.39 is 0 Å². The van der Waals surface area contributed by atoms with Crippen LogP contribution in [0.1, 0.15) is 24.0 Å². The number of hydrogen-bond acceptors (Lipinski definition) is 3. The first-order valence-electron chi connectivity index (χ1n) is 8.74. The van der Waals surface area contributed by atoms with E-state index in [4.69, 9.17) is 4.74 Å². The predicted molar refractivity (Wildman–Crippen MR) is 91.4 cm³/mol. The molecule has 0 N–H and O–H groups in total. The van der Waals surface area contributed by atoms with Crippen LogP contribution in [-0.4, -0.2) is 61.6 Å². The molecule has 1 saturated heterocycles. The monoisotopic (exact) mass is 316 g/mol. The molecule has 1 aromatic carbocycles. The number of morpholine rings is 1. The van der Waals surface area contributed by atoms with Gasteiger partial charge in [-0.2, -0.15) is 0 Å². The molecule has 4 nitrogen and oxygen atoms in total. The summed E-state index contributed by atoms with van der Waals surface area (Å²) >= 11 is 0. The molecule has 1 amide bonds. The van der Waals surface area contributed by atoms with Gasteiger partial charge in [-0.1, -0.05) is 24.3 Å². The number of hydrogen-bond donors (Lipinski definition) is 0. The summed E-state index contributed by atoms with van der Waals surface area (Å²) in [6.07, 6.45) is 3.18. The zero-order valence-electron chi connectivity index (χ0n) is 14.3. The number of rotatable bonds is 6. The van der Waals surface area contributed by atoms with Crippen LogP contribution < -0.4 is 0 Å². The molecular formula is C19H28N2O2. The molecule has 0 radical (unpaired) electrons. The van der Waals surface area contributed by atoms with E-state index in [2.05, 4.69) is 31.0 Å². The molecule has 1 atom stereocenters. The van der Waals surface area contributed by atoms with E-state index in [0.29, 0.717) is 12.3 Å². The molecule has 0 bridgehead atoms. The number of nitrogens with zero attached hydrogens (tertiary/aromatic N) is 2. The lowest BCUT2D eigenvalue weighted by atomic mass is 10.0. The molecule has 0 unspecified atom stereocenters. The van der Waals surface area contributed by atoms with Crippen molar-refractivity contribution in [3.63, 3.8) is 0 Å². The van der Waals surface area contributed by atoms with Crippen LogP contribution in [0.4, 0.5) is 0 Å². The van der Waals surface area contributed by atoms with Gasteiger partial charge in [0.05, 0.1) is 19.1 Å². The van der Waals surface area contributed by atoms with E-state index in [-0.39, 0.29) is 12.0 Å². The molecule has 0 aromatic heterocycles. The first-order valence-corrected chi connectivity index (χ1v) is 8.74. The quantitative estimate of drug-likeness (QED) is 0.806. The molecule has 4 heteroatoms. The van der Waals surface area contributed by atoms with Crippen LogP contribution in [0.3, 0.4) is 0 Å². The van der Waals surface area contributed by atoms with Crippen LogP contribution in [0, 0.1) is 12.8 Å². The van der Waals surface area contributed by atoms with E-state index in [9.17, 15) is 4.79 Å². The van der Waals surface area contributed by atoms with Crippen molar-refractivity contribution in [2.24, 2.45) is 5.92 Å². The summed E-state index contributed by atoms with van der Waals surface area (Å²) in [5.74, 6) is 0.945. The molecule has 2 aliphatic rings. The second kappa shape index (κ2) is 7.45. The van der Waals surface area contributed by atoms with Gasteiger partial charge in [-0.25, -0.2) is 0 Å². The maximum Gasteiger partial charge on any atom is 0.227 e. The number of carbonyl (C=O) groups is 1. The van der Waals surface area contributed by atoms with Crippen molar-refractivity contribution in [1.82, 2.24) is 9.80 Å². The number of benzene rings is 1. The predicted octanol–water partition coefficient (Wildman–Crippen LogP) is 2.11. The van der Waals surface area contributed by atoms with Crippen molar-refractivity contribution in [1.29, 1.82) is 0 Å². The fraction of sp³-hybridized carbons (Fsp3) is 0.632. The molecule has 1 aliphatic carbocycles. The van der Waals surface area contributed by atoms with E-state index in [1.165, 1.54) is 18.4 Å². The number of amides is 1. The van der Waals surface area contributed by atoms with Crippen molar-refractivity contribution in [2.75, 3.05) is 39.8 Å². The molecular weight excluding hydrogens is 288 g/mol. The van der Waals surface area contributed by atoms with Gasteiger partial charge in [0.25, 0.3) is 0 Å². The van der Waals surface area contributed by atoms with Crippen molar-refractivity contribution >= 4 is 5.91 Å². The van der Waals surface area contributed by atoms with Crippen LogP contribution in [0.5, 0.6) is 0 Å². The third kappa shape index (κ3) is 4.79. The molecule has 2 fully saturated rings. The Balaban J connectivity index is 1.63. The zero-order chi connectivity index (χ0) is 16.2. The highest BCUT2D eigenvalue weighted by molar-refractivity contribution is 5.79. The fourth-order valence-corrected chi connectivity index (χ4v) is 3.20. The largest absolute Gasteiger partial charge is 0.374 e. The Bertz CT molecular complexity index is 542. The highest BCUT2D eigenvalue weighted by atomic mass is 16.5. The highest BCUT2D eigenvalue weighted by Gasteiger charge is 2.29. The van der Waals surface area contributed by atoms with Crippen LogP contribution in [-0.2, 0) is 16.0 Å². The first kappa shape index (κ1) is 16.5. The highest BCUT2D eigenvalue weighted by Crippen LogP contribution is 2.30. The van der Waals surface area contributed by atoms with Crippen LogP contribution in [0.25, 0.3) is 0 Å². The second-order valence-electron chi connectivity index (χ2n) is 7.10. The van der Waals surface area contributed by atoms with Gasteiger partial charge in [-0.15, -0.1) is 0 Å². The Kier molecular flexibility index (Phi) is 5.34. The summed E-state index contributed by atoms with van der Waals surface area (Å²) in [4.78, 5) is 17.2. The molecule has 1 aliphatic heterocycles. The van der Waals surface area contributed by atoms with E-state index in [1.807, 2.05) is 17.0 Å². The van der Waals surface area contributed by atoms with Crippen molar-refractivity contribution in [2.45, 2.75) is 32.3 Å². The standard InChI is InChI=1S/C19H28N2O2/c1-15-5-3-4-6-17(15)11-19(22)21(12-16-7-8-16)14-18-13-20(2)9-10-23-18/h3-6,16,18H,7-14H2,1-2H3/t18-/m0/s1. The van der Waals surface area contributed by atoms with E-state index in [1.54, 1.807) is 0 Å². The summed E-state index contributed by atoms with van der Waals surface area (Å²) in [5.41, 5.74) is 2.33. The lowest BCUT2D eigenvalue weighted by Crippen LogP contribution is -2.48. The number of carbonyl (C=O) groups excluding carboxylic acids is 1. The maximum absolute atomic E-state index is 12.8. The molecule has 1 aromatic rings. The van der Waals surface area contributed by atoms with Gasteiger partial charge >= 0.3 is 0 Å². The van der Waals surface area contributed by atoms with Crippen LogP contribution in [0.2, 0.25) is 0 Å². The Hall–Kier alpha value is -1.39. The minimum Gasteiger partial charge on any atom is -0.374 e. The molecule has 1 heterocycles. The van der Waals surface area contributed by atoms with Gasteiger partial charge in [-0.3, -0.25) is 4.79 Å². The molecule has 3 rings (SSSR count). The number of ether oxygens (including phenoxy) is 1. The van der Waals surface area contributed by atoms with Gasteiger partial charge in [0.2, 0.25) is 5.91 Å². The lowest BCUT2D eigenvalue weighted by Gasteiger charge is -2.34. The Morgan fingerprint density at radius 3 is 2.78 bits per heavy atom. The van der Waals surface area contributed by atoms with Gasteiger partial charge < -0.3 is 14.5 Å². The first-order chi connectivity index (χ1) is 11.1. The summed E-state index contributed by atoms with van der Waals surface area (Å²) < 4.78 is 5.87. The smallest absolute Gasteiger partial charge is 0.227 e. The average Bonchev–Trinajstić information content (AvgIpc) is 3.33. The summed E-state index contributed by atoms with van der Waals surface area (Å²) in [7, 11) is 2.12. The minimum atomic E-state index is 0.147. The molecule has 1 saturated carbocycles. The van der Waals surface area contributed by atoms with Gasteiger partial charge in [-0.05, 0) is 43.9 Å². The fourth-order valence-electron chi connectivity index (χ4n) is 3.20. The van der Waals surface area contributed by atoms with Crippen molar-refractivity contribution in [3.05, 3.63) is 35.4 Å². The third-order valence-corrected chi connectivity index (χ3v) is 4.90. The molecule has 23 heavy (non-hydrogen) atoms. The van der Waals surface area contributed by atoms with Crippen LogP contribution >= 0.6 is 0 Å². The summed E-state index contributed by atoms with van der Waals surface area (Å²) in [6, 6.07) is 8.18. The number of likely N-dealkylation sites (N-methyl/N-ethyl adjacent to an activating group) is 1. The molecule has 0 spiro atoms. The second-order valence-corrected chi connectivity index (χ2v) is 7.10. The minimum absolute atomic E-state index is 0.147. The van der Waals surface area contributed by atoms with Gasteiger partial charge in [0.15, 0.2) is 0 Å². The van der Waals surface area contributed by atoms with Gasteiger partial charge in [0, 0.05) is 26.2 Å². The lowest BCUT2D eigenvalue weighted by molar-refractivity contribution is -0.134. The average molecular weight is 316 g/mol. The summed E-state index contributed by atoms with van der Waals surface area (Å²) in [6.45, 7) is 6.37. The SMILES string of the molecule is Cc1ccccc1CC(=O)N(CC1CC1)C[C@@H]1CN(C)CCO1.